The number of allylic oxidation sites excluding steroid dienone is 2. The van der Waals surface area contributed by atoms with Crippen molar-refractivity contribution in [1.82, 2.24) is 0 Å². The van der Waals surface area contributed by atoms with Crippen molar-refractivity contribution in [3.05, 3.63) is 11.0 Å². The van der Waals surface area contributed by atoms with Gasteiger partial charge in [-0.05, 0) is 99.3 Å². The second kappa shape index (κ2) is 7.19. The van der Waals surface area contributed by atoms with Crippen LogP contribution in [0.4, 0.5) is 0 Å². The Labute approximate surface area is 167 Å². The SMILES string of the molecule is CC1(C)OB(CCC(B2OC(C)(C)C(C)(C)O2)=C2CCCCC2)OC1(C)C. The van der Waals surface area contributed by atoms with Crippen LogP contribution in [0.2, 0.25) is 6.32 Å². The van der Waals surface area contributed by atoms with E-state index in [9.17, 15) is 0 Å². The molecule has 1 aliphatic carbocycles. The van der Waals surface area contributed by atoms with Gasteiger partial charge >= 0.3 is 14.2 Å². The topological polar surface area (TPSA) is 36.9 Å². The normalized spacial score (nSPS) is 28.7. The summed E-state index contributed by atoms with van der Waals surface area (Å²) in [6.45, 7) is 17.0. The van der Waals surface area contributed by atoms with E-state index in [4.69, 9.17) is 18.6 Å². The molecule has 0 N–H and O–H groups in total. The molecule has 152 valence electrons. The molecule has 2 saturated heterocycles. The zero-order chi connectivity index (χ0) is 20.1. The third-order valence-corrected chi connectivity index (χ3v) is 7.40. The van der Waals surface area contributed by atoms with Gasteiger partial charge in [-0.1, -0.05) is 12.0 Å². The molecule has 3 fully saturated rings. The van der Waals surface area contributed by atoms with Crippen molar-refractivity contribution >= 4 is 14.2 Å². The molecule has 0 aromatic heterocycles. The molecule has 0 atom stereocenters. The van der Waals surface area contributed by atoms with Gasteiger partial charge in [0.25, 0.3) is 0 Å². The summed E-state index contributed by atoms with van der Waals surface area (Å²) in [5.41, 5.74) is 1.71. The van der Waals surface area contributed by atoms with Crippen LogP contribution >= 0.6 is 0 Å². The zero-order valence-electron chi connectivity index (χ0n) is 18.7. The highest BCUT2D eigenvalue weighted by Crippen LogP contribution is 2.43. The fourth-order valence-corrected chi connectivity index (χ4v) is 4.10. The quantitative estimate of drug-likeness (QED) is 0.619. The number of hydrogen-bond donors (Lipinski definition) is 0. The van der Waals surface area contributed by atoms with Crippen LogP contribution in [0.15, 0.2) is 11.0 Å². The summed E-state index contributed by atoms with van der Waals surface area (Å²) in [5, 5.41) is 0. The van der Waals surface area contributed by atoms with Gasteiger partial charge in [-0.15, -0.1) is 0 Å². The molecule has 6 heteroatoms. The highest BCUT2D eigenvalue weighted by molar-refractivity contribution is 6.55. The Kier molecular flexibility index (Phi) is 5.71. The van der Waals surface area contributed by atoms with Crippen LogP contribution in [0.1, 0.15) is 93.9 Å². The maximum absolute atomic E-state index is 6.41. The minimum absolute atomic E-state index is 0.170. The van der Waals surface area contributed by atoms with E-state index in [0.717, 1.165) is 12.7 Å². The fourth-order valence-electron chi connectivity index (χ4n) is 4.10. The predicted molar refractivity (Wildman–Crippen MR) is 112 cm³/mol. The van der Waals surface area contributed by atoms with Gasteiger partial charge in [-0.25, -0.2) is 0 Å². The lowest BCUT2D eigenvalue weighted by molar-refractivity contribution is 0.00578. The van der Waals surface area contributed by atoms with Crippen LogP contribution in [-0.4, -0.2) is 36.6 Å². The van der Waals surface area contributed by atoms with Crippen LogP contribution in [0.3, 0.4) is 0 Å². The number of rotatable bonds is 4. The molecule has 0 radical (unpaired) electrons. The molecular weight excluding hydrogens is 338 g/mol. The van der Waals surface area contributed by atoms with Gasteiger partial charge in [0.2, 0.25) is 0 Å². The van der Waals surface area contributed by atoms with Crippen molar-refractivity contribution in [2.45, 2.75) is 123 Å². The van der Waals surface area contributed by atoms with Crippen molar-refractivity contribution in [2.24, 2.45) is 0 Å². The van der Waals surface area contributed by atoms with Crippen molar-refractivity contribution in [2.75, 3.05) is 0 Å². The van der Waals surface area contributed by atoms with E-state index in [1.54, 1.807) is 0 Å². The summed E-state index contributed by atoms with van der Waals surface area (Å²) in [6, 6.07) is 0. The standard InChI is InChI=1S/C21H38B2O4/c1-18(2)19(3,4)25-22(24-18)15-14-17(16-12-10-9-11-13-16)23-26-20(5,6)21(7,8)27-23/h9-15H2,1-8H3. The van der Waals surface area contributed by atoms with Crippen molar-refractivity contribution < 1.29 is 18.6 Å². The van der Waals surface area contributed by atoms with E-state index in [2.05, 4.69) is 55.4 Å². The lowest BCUT2D eigenvalue weighted by Gasteiger charge is -2.32. The number of hydrogen-bond acceptors (Lipinski definition) is 4. The Hall–Kier alpha value is -0.290. The molecule has 0 unspecified atom stereocenters. The van der Waals surface area contributed by atoms with Crippen molar-refractivity contribution in [3.8, 4) is 0 Å². The van der Waals surface area contributed by atoms with Crippen LogP contribution in [-0.2, 0) is 18.6 Å². The first kappa shape index (κ1) is 21.4. The molecule has 0 spiro atoms. The van der Waals surface area contributed by atoms with Gasteiger partial charge in [-0.3, -0.25) is 0 Å². The third-order valence-electron chi connectivity index (χ3n) is 7.40. The lowest BCUT2D eigenvalue weighted by Crippen LogP contribution is -2.41. The summed E-state index contributed by atoms with van der Waals surface area (Å²) in [6.07, 6.45) is 7.96. The Morgan fingerprint density at radius 3 is 1.63 bits per heavy atom. The summed E-state index contributed by atoms with van der Waals surface area (Å²) in [4.78, 5) is 0. The maximum Gasteiger partial charge on any atom is 0.490 e. The molecule has 0 aromatic rings. The van der Waals surface area contributed by atoms with Crippen LogP contribution < -0.4 is 0 Å². The molecule has 2 aliphatic heterocycles. The van der Waals surface area contributed by atoms with Crippen LogP contribution in [0.5, 0.6) is 0 Å². The molecule has 2 heterocycles. The summed E-state index contributed by atoms with van der Waals surface area (Å²) >= 11 is 0. The highest BCUT2D eigenvalue weighted by atomic mass is 16.7. The summed E-state index contributed by atoms with van der Waals surface area (Å²) < 4.78 is 25.3. The Balaban J connectivity index is 1.75. The van der Waals surface area contributed by atoms with Crippen molar-refractivity contribution in [3.63, 3.8) is 0 Å². The highest BCUT2D eigenvalue weighted by Gasteiger charge is 2.54. The molecule has 0 amide bonds. The Morgan fingerprint density at radius 2 is 1.15 bits per heavy atom. The molecule has 27 heavy (non-hydrogen) atoms. The third kappa shape index (κ3) is 4.19. The minimum atomic E-state index is -0.303. The van der Waals surface area contributed by atoms with E-state index in [1.807, 2.05) is 0 Å². The van der Waals surface area contributed by atoms with Crippen LogP contribution in [0, 0.1) is 0 Å². The smallest absolute Gasteiger partial charge is 0.403 e. The Bertz CT molecular complexity index is 555. The minimum Gasteiger partial charge on any atom is -0.403 e. The zero-order valence-corrected chi connectivity index (χ0v) is 18.7. The molecule has 3 rings (SSSR count). The van der Waals surface area contributed by atoms with E-state index in [-0.39, 0.29) is 36.6 Å². The second-order valence-corrected chi connectivity index (χ2v) is 10.5. The van der Waals surface area contributed by atoms with Crippen LogP contribution in [0.25, 0.3) is 0 Å². The molecular formula is C21H38B2O4. The average molecular weight is 376 g/mol. The van der Waals surface area contributed by atoms with Gasteiger partial charge in [0.05, 0.1) is 22.4 Å². The monoisotopic (exact) mass is 376 g/mol. The first-order chi connectivity index (χ1) is 12.3. The van der Waals surface area contributed by atoms with E-state index >= 15 is 0 Å². The largest absolute Gasteiger partial charge is 0.490 e. The fraction of sp³-hybridized carbons (Fsp3) is 0.905. The molecule has 4 nitrogen and oxygen atoms in total. The van der Waals surface area contributed by atoms with Gasteiger partial charge in [-0.2, -0.15) is 0 Å². The van der Waals surface area contributed by atoms with Crippen molar-refractivity contribution in [1.29, 1.82) is 0 Å². The molecule has 0 bridgehead atoms. The molecule has 0 aromatic carbocycles. The maximum atomic E-state index is 6.41. The molecule has 1 saturated carbocycles. The molecule has 3 aliphatic rings. The van der Waals surface area contributed by atoms with Gasteiger partial charge in [0.15, 0.2) is 0 Å². The van der Waals surface area contributed by atoms with E-state index in [1.165, 1.54) is 43.1 Å². The van der Waals surface area contributed by atoms with E-state index < -0.39 is 0 Å². The first-order valence-electron chi connectivity index (χ1n) is 10.8. The van der Waals surface area contributed by atoms with Gasteiger partial charge in [0.1, 0.15) is 0 Å². The van der Waals surface area contributed by atoms with E-state index in [0.29, 0.717) is 0 Å². The second-order valence-electron chi connectivity index (χ2n) is 10.5. The Morgan fingerprint density at radius 1 is 0.704 bits per heavy atom. The van der Waals surface area contributed by atoms with Gasteiger partial charge < -0.3 is 18.6 Å². The lowest BCUT2D eigenvalue weighted by atomic mass is 9.66. The van der Waals surface area contributed by atoms with Gasteiger partial charge in [0, 0.05) is 0 Å². The summed E-state index contributed by atoms with van der Waals surface area (Å²) in [5.74, 6) is 0. The predicted octanol–water partition coefficient (Wildman–Crippen LogP) is 5.36. The first-order valence-corrected chi connectivity index (χ1v) is 10.8. The average Bonchev–Trinajstić information content (AvgIpc) is 2.87. The summed E-state index contributed by atoms with van der Waals surface area (Å²) in [7, 11) is -0.415.